The topological polar surface area (TPSA) is 73.0 Å². The van der Waals surface area contributed by atoms with Gasteiger partial charge < -0.3 is 15.1 Å². The highest BCUT2D eigenvalue weighted by molar-refractivity contribution is 5.84. The second-order valence-electron chi connectivity index (χ2n) is 10.4. The van der Waals surface area contributed by atoms with Gasteiger partial charge in [-0.2, -0.15) is 0 Å². The van der Waals surface area contributed by atoms with Crippen LogP contribution in [0.4, 0.5) is 0 Å². The predicted octanol–water partition coefficient (Wildman–Crippen LogP) is 1.72. The van der Waals surface area contributed by atoms with Crippen molar-refractivity contribution in [3.8, 4) is 0 Å². The van der Waals surface area contributed by atoms with Crippen LogP contribution in [-0.2, 0) is 14.4 Å². The molecule has 1 N–H and O–H groups in total. The molecular weight excluding hydrogens is 392 g/mol. The van der Waals surface area contributed by atoms with Crippen molar-refractivity contribution >= 4 is 17.7 Å². The van der Waals surface area contributed by atoms with Crippen LogP contribution >= 0.6 is 0 Å². The van der Waals surface area contributed by atoms with Crippen molar-refractivity contribution in [2.45, 2.75) is 58.8 Å². The molecule has 1 saturated heterocycles. The Morgan fingerprint density at radius 3 is 1.81 bits per heavy atom. The van der Waals surface area contributed by atoms with Gasteiger partial charge in [-0.3, -0.25) is 19.3 Å². The van der Waals surface area contributed by atoms with Gasteiger partial charge in [0.1, 0.15) is 0 Å². The van der Waals surface area contributed by atoms with Gasteiger partial charge in [-0.15, -0.1) is 0 Å². The Morgan fingerprint density at radius 1 is 0.839 bits per heavy atom. The molecule has 0 spiro atoms. The van der Waals surface area contributed by atoms with Crippen LogP contribution < -0.4 is 5.32 Å². The van der Waals surface area contributed by atoms with Gasteiger partial charge in [0, 0.05) is 44.6 Å². The normalized spacial score (nSPS) is 31.9. The van der Waals surface area contributed by atoms with Crippen molar-refractivity contribution < 1.29 is 14.4 Å². The first kappa shape index (κ1) is 22.6. The lowest BCUT2D eigenvalue weighted by Crippen LogP contribution is -2.54. The van der Waals surface area contributed by atoms with E-state index in [0.717, 1.165) is 50.1 Å². The van der Waals surface area contributed by atoms with Gasteiger partial charge in [-0.1, -0.05) is 13.8 Å². The Bertz CT molecular complexity index is 647. The first-order valence-corrected chi connectivity index (χ1v) is 12.5. The summed E-state index contributed by atoms with van der Waals surface area (Å²) in [6, 6.07) is 0. The highest BCUT2D eigenvalue weighted by Gasteiger charge is 2.54. The lowest BCUT2D eigenvalue weighted by molar-refractivity contribution is -0.146. The molecule has 31 heavy (non-hydrogen) atoms. The first-order valence-electron chi connectivity index (χ1n) is 12.5. The second kappa shape index (κ2) is 9.47. The van der Waals surface area contributed by atoms with Gasteiger partial charge in [0.15, 0.2) is 0 Å². The predicted molar refractivity (Wildman–Crippen MR) is 119 cm³/mol. The largest absolute Gasteiger partial charge is 0.355 e. The third kappa shape index (κ3) is 4.91. The van der Waals surface area contributed by atoms with Crippen LogP contribution in [0.15, 0.2) is 0 Å². The summed E-state index contributed by atoms with van der Waals surface area (Å²) < 4.78 is 0. The van der Waals surface area contributed by atoms with Gasteiger partial charge in [0.25, 0.3) is 0 Å². The van der Waals surface area contributed by atoms with Crippen molar-refractivity contribution in [1.29, 1.82) is 0 Å². The first-order chi connectivity index (χ1) is 14.9. The molecule has 0 atom stereocenters. The van der Waals surface area contributed by atoms with Crippen LogP contribution in [0.5, 0.6) is 0 Å². The van der Waals surface area contributed by atoms with E-state index in [-0.39, 0.29) is 23.1 Å². The van der Waals surface area contributed by atoms with Crippen LogP contribution in [0.25, 0.3) is 0 Å². The number of nitrogens with zero attached hydrogens (tertiary/aromatic N) is 3. The average molecular weight is 433 g/mol. The zero-order valence-electron chi connectivity index (χ0n) is 19.4. The van der Waals surface area contributed by atoms with Gasteiger partial charge in [0.2, 0.25) is 17.7 Å². The number of nitrogens with one attached hydrogen (secondary N) is 1. The van der Waals surface area contributed by atoms with Crippen LogP contribution in [0.3, 0.4) is 0 Å². The molecule has 1 aliphatic heterocycles. The van der Waals surface area contributed by atoms with E-state index in [1.54, 1.807) is 0 Å². The molecule has 4 aliphatic carbocycles. The lowest BCUT2D eigenvalue weighted by atomic mass is 9.49. The van der Waals surface area contributed by atoms with E-state index in [4.69, 9.17) is 0 Å². The minimum absolute atomic E-state index is 0.0849. The number of rotatable bonds is 8. The number of carbonyl (C=O) groups excluding carboxylic acids is 3. The maximum atomic E-state index is 13.0. The quantitative estimate of drug-likeness (QED) is 0.634. The summed E-state index contributed by atoms with van der Waals surface area (Å²) in [5, 5.41) is 3.11. The highest BCUT2D eigenvalue weighted by atomic mass is 16.2. The van der Waals surface area contributed by atoms with Crippen molar-refractivity contribution in [1.82, 2.24) is 20.0 Å². The number of likely N-dealkylation sites (N-methyl/N-ethyl adjacent to an activating group) is 1. The number of amides is 3. The van der Waals surface area contributed by atoms with Gasteiger partial charge >= 0.3 is 0 Å². The summed E-state index contributed by atoms with van der Waals surface area (Å²) in [4.78, 5) is 43.9. The molecule has 0 aromatic heterocycles. The Hall–Kier alpha value is -1.63. The number of piperazine rings is 1. The number of hydrogen-bond donors (Lipinski definition) is 1. The fourth-order valence-electron chi connectivity index (χ4n) is 6.96. The Labute approximate surface area is 186 Å². The second-order valence-corrected chi connectivity index (χ2v) is 10.4. The summed E-state index contributed by atoms with van der Waals surface area (Å²) >= 11 is 0. The number of carbonyl (C=O) groups is 3. The monoisotopic (exact) mass is 432 g/mol. The third-order valence-electron chi connectivity index (χ3n) is 8.38. The standard InChI is InChI=1S/C24H40N4O3/c1-3-26(4-2)17-22(30)28-9-7-27(8-10-28)21(29)5-6-25-23(31)24-14-18-11-19(15-24)13-20(12-18)16-24/h18-20H,3-17H2,1-2H3,(H,25,31). The fourth-order valence-corrected chi connectivity index (χ4v) is 6.96. The molecule has 1 heterocycles. The van der Waals surface area contributed by atoms with Gasteiger partial charge in [-0.25, -0.2) is 0 Å². The van der Waals surface area contributed by atoms with Crippen molar-refractivity contribution in [3.05, 3.63) is 0 Å². The van der Waals surface area contributed by atoms with Crippen LogP contribution in [0.1, 0.15) is 58.8 Å². The summed E-state index contributed by atoms with van der Waals surface area (Å²) in [5.41, 5.74) is -0.144. The molecular formula is C24H40N4O3. The molecule has 5 aliphatic rings. The molecule has 0 aromatic carbocycles. The average Bonchev–Trinajstić information content (AvgIpc) is 2.76. The molecule has 0 radical (unpaired) electrons. The van der Waals surface area contributed by atoms with E-state index in [9.17, 15) is 14.4 Å². The Morgan fingerprint density at radius 2 is 1.32 bits per heavy atom. The molecule has 5 rings (SSSR count). The van der Waals surface area contributed by atoms with E-state index >= 15 is 0 Å². The van der Waals surface area contributed by atoms with Crippen LogP contribution in [0, 0.1) is 23.2 Å². The maximum absolute atomic E-state index is 13.0. The summed E-state index contributed by atoms with van der Waals surface area (Å²) in [7, 11) is 0. The highest BCUT2D eigenvalue weighted by Crippen LogP contribution is 2.60. The van der Waals surface area contributed by atoms with E-state index in [0.29, 0.717) is 45.7 Å². The third-order valence-corrected chi connectivity index (χ3v) is 8.38. The molecule has 5 fully saturated rings. The van der Waals surface area contributed by atoms with E-state index in [1.165, 1.54) is 19.3 Å². The van der Waals surface area contributed by atoms with E-state index in [2.05, 4.69) is 24.1 Å². The zero-order chi connectivity index (χ0) is 22.0. The van der Waals surface area contributed by atoms with Gasteiger partial charge in [-0.05, 0) is 69.4 Å². The van der Waals surface area contributed by atoms with Crippen LogP contribution in [-0.4, -0.2) is 84.8 Å². The minimum atomic E-state index is -0.144. The lowest BCUT2D eigenvalue weighted by Gasteiger charge is -2.55. The molecule has 3 amide bonds. The Kier molecular flexibility index (Phi) is 6.89. The zero-order valence-corrected chi connectivity index (χ0v) is 19.4. The molecule has 7 heteroatoms. The van der Waals surface area contributed by atoms with Crippen molar-refractivity contribution in [2.75, 3.05) is 52.4 Å². The minimum Gasteiger partial charge on any atom is -0.355 e. The van der Waals surface area contributed by atoms with Crippen molar-refractivity contribution in [2.24, 2.45) is 23.2 Å². The SMILES string of the molecule is CCN(CC)CC(=O)N1CCN(C(=O)CCNC(=O)C23CC4CC(CC(C4)C2)C3)CC1. The van der Waals surface area contributed by atoms with Crippen LogP contribution in [0.2, 0.25) is 0 Å². The molecule has 4 saturated carbocycles. The summed E-state index contributed by atoms with van der Waals surface area (Å²) in [6.45, 7) is 9.14. The fraction of sp³-hybridized carbons (Fsp3) is 0.875. The molecule has 7 nitrogen and oxygen atoms in total. The molecule has 4 bridgehead atoms. The summed E-state index contributed by atoms with van der Waals surface area (Å²) in [6.07, 6.45) is 7.51. The number of hydrogen-bond acceptors (Lipinski definition) is 4. The van der Waals surface area contributed by atoms with Crippen molar-refractivity contribution in [3.63, 3.8) is 0 Å². The summed E-state index contributed by atoms with van der Waals surface area (Å²) in [5.74, 6) is 2.68. The Balaban J connectivity index is 1.17. The maximum Gasteiger partial charge on any atom is 0.236 e. The van der Waals surface area contributed by atoms with Gasteiger partial charge in [0.05, 0.1) is 6.54 Å². The van der Waals surface area contributed by atoms with E-state index < -0.39 is 0 Å². The molecule has 0 aromatic rings. The van der Waals surface area contributed by atoms with E-state index in [1.807, 2.05) is 9.80 Å². The molecule has 174 valence electrons. The smallest absolute Gasteiger partial charge is 0.236 e. The molecule has 0 unspecified atom stereocenters.